The molecule has 2 aromatic rings. The molecule has 0 aliphatic heterocycles. The Labute approximate surface area is 152 Å². The van der Waals surface area contributed by atoms with Crippen LogP contribution < -0.4 is 10.6 Å². The van der Waals surface area contributed by atoms with Gasteiger partial charge in [0.2, 0.25) is 0 Å². The average Bonchev–Trinajstić information content (AvgIpc) is 3.15. The first-order valence-electron chi connectivity index (χ1n) is 8.57. The van der Waals surface area contributed by atoms with Crippen molar-refractivity contribution in [2.45, 2.75) is 32.3 Å². The van der Waals surface area contributed by atoms with Gasteiger partial charge in [0, 0.05) is 13.1 Å². The van der Waals surface area contributed by atoms with Crippen LogP contribution in [0, 0.1) is 11.6 Å². The van der Waals surface area contributed by atoms with Crippen molar-refractivity contribution in [2.75, 3.05) is 19.6 Å². The zero-order valence-corrected chi connectivity index (χ0v) is 15.2. The van der Waals surface area contributed by atoms with E-state index in [2.05, 4.69) is 15.6 Å². The van der Waals surface area contributed by atoms with Crippen LogP contribution in [0.25, 0.3) is 0 Å². The lowest BCUT2D eigenvalue weighted by molar-refractivity contribution is 0.0437. The van der Waals surface area contributed by atoms with E-state index in [-0.39, 0.29) is 12.5 Å². The first kappa shape index (κ1) is 19.9. The number of benzene rings is 1. The molecule has 3 N–H and O–H groups in total. The fourth-order valence-corrected chi connectivity index (χ4v) is 2.42. The lowest BCUT2D eigenvalue weighted by atomic mass is 10.0. The van der Waals surface area contributed by atoms with Gasteiger partial charge in [0.15, 0.2) is 17.6 Å². The minimum atomic E-state index is -1.22. The molecule has 0 amide bonds. The van der Waals surface area contributed by atoms with Crippen LogP contribution in [0.2, 0.25) is 0 Å². The highest BCUT2D eigenvalue weighted by Crippen LogP contribution is 2.21. The molecule has 0 saturated heterocycles. The maximum Gasteiger partial charge on any atom is 0.191 e. The van der Waals surface area contributed by atoms with Crippen molar-refractivity contribution < 1.29 is 18.3 Å². The Kier molecular flexibility index (Phi) is 6.74. The van der Waals surface area contributed by atoms with Crippen LogP contribution in [0.3, 0.4) is 0 Å². The van der Waals surface area contributed by atoms with E-state index in [9.17, 15) is 13.9 Å². The number of aliphatic hydroxyl groups is 1. The monoisotopic (exact) mass is 365 g/mol. The van der Waals surface area contributed by atoms with Gasteiger partial charge < -0.3 is 20.2 Å². The minimum Gasteiger partial charge on any atom is -0.466 e. The quantitative estimate of drug-likeness (QED) is 0.521. The molecule has 0 bridgehead atoms. The van der Waals surface area contributed by atoms with E-state index >= 15 is 0 Å². The van der Waals surface area contributed by atoms with Crippen LogP contribution in [0.4, 0.5) is 8.78 Å². The smallest absolute Gasteiger partial charge is 0.191 e. The summed E-state index contributed by atoms with van der Waals surface area (Å²) in [6, 6.07) is 7.30. The highest BCUT2D eigenvalue weighted by atomic mass is 19.2. The van der Waals surface area contributed by atoms with Crippen molar-refractivity contribution in [3.63, 3.8) is 0 Å². The Morgan fingerprint density at radius 3 is 2.65 bits per heavy atom. The number of furan rings is 1. The summed E-state index contributed by atoms with van der Waals surface area (Å²) in [5.74, 6) is -0.811. The van der Waals surface area contributed by atoms with Crippen LogP contribution in [0.5, 0.6) is 0 Å². The Balaban J connectivity index is 1.99. The second kappa shape index (κ2) is 8.80. The standard InChI is InChI=1S/C19H25F2N3O2/c1-4-22-18(24-12-19(3,25)17-6-5-9-26-17)23-11-13(2)14-7-8-15(20)16(21)10-14/h5-10,13,25H,4,11-12H2,1-3H3,(H2,22,23,24). The third-order valence-corrected chi connectivity index (χ3v) is 4.03. The normalized spacial score (nSPS) is 15.4. The maximum atomic E-state index is 13.4. The van der Waals surface area contributed by atoms with Gasteiger partial charge in [-0.25, -0.2) is 13.8 Å². The molecule has 0 fully saturated rings. The number of hydrogen-bond donors (Lipinski definition) is 3. The van der Waals surface area contributed by atoms with Gasteiger partial charge >= 0.3 is 0 Å². The van der Waals surface area contributed by atoms with Crippen LogP contribution in [0.1, 0.15) is 38.0 Å². The Morgan fingerprint density at radius 1 is 1.27 bits per heavy atom. The van der Waals surface area contributed by atoms with E-state index in [0.29, 0.717) is 30.4 Å². The van der Waals surface area contributed by atoms with Gasteiger partial charge in [-0.05, 0) is 49.6 Å². The van der Waals surface area contributed by atoms with Crippen molar-refractivity contribution in [3.05, 3.63) is 59.6 Å². The summed E-state index contributed by atoms with van der Waals surface area (Å²) in [5, 5.41) is 16.7. The summed E-state index contributed by atoms with van der Waals surface area (Å²) < 4.78 is 31.7. The minimum absolute atomic E-state index is 0.0560. The Morgan fingerprint density at radius 2 is 2.04 bits per heavy atom. The fourth-order valence-electron chi connectivity index (χ4n) is 2.42. The van der Waals surface area contributed by atoms with E-state index in [1.54, 1.807) is 25.1 Å². The third-order valence-electron chi connectivity index (χ3n) is 4.03. The fraction of sp³-hybridized carbons (Fsp3) is 0.421. The second-order valence-corrected chi connectivity index (χ2v) is 6.40. The topological polar surface area (TPSA) is 69.8 Å². The second-order valence-electron chi connectivity index (χ2n) is 6.40. The summed E-state index contributed by atoms with van der Waals surface area (Å²) >= 11 is 0. The first-order chi connectivity index (χ1) is 12.3. The molecule has 1 aromatic heterocycles. The Bertz CT molecular complexity index is 730. The van der Waals surface area contributed by atoms with E-state index in [1.165, 1.54) is 12.3 Å². The predicted octanol–water partition coefficient (Wildman–Crippen LogP) is 3.12. The number of halogens is 2. The molecule has 142 valence electrons. The molecule has 26 heavy (non-hydrogen) atoms. The van der Waals surface area contributed by atoms with Crippen molar-refractivity contribution >= 4 is 5.96 Å². The van der Waals surface area contributed by atoms with Crippen molar-refractivity contribution in [1.82, 2.24) is 10.6 Å². The first-order valence-corrected chi connectivity index (χ1v) is 8.57. The molecule has 7 heteroatoms. The van der Waals surface area contributed by atoms with Gasteiger partial charge in [0.1, 0.15) is 11.4 Å². The Hall–Kier alpha value is -2.41. The molecule has 2 rings (SSSR count). The van der Waals surface area contributed by atoms with Crippen LogP contribution in [-0.4, -0.2) is 30.7 Å². The molecule has 0 spiro atoms. The highest BCUT2D eigenvalue weighted by Gasteiger charge is 2.26. The number of nitrogens with zero attached hydrogens (tertiary/aromatic N) is 1. The predicted molar refractivity (Wildman–Crippen MR) is 97.0 cm³/mol. The van der Waals surface area contributed by atoms with Gasteiger partial charge in [-0.1, -0.05) is 13.0 Å². The molecular formula is C19H25F2N3O2. The summed E-state index contributed by atoms with van der Waals surface area (Å²) in [4.78, 5) is 4.39. The summed E-state index contributed by atoms with van der Waals surface area (Å²) in [6.45, 7) is 6.69. The summed E-state index contributed by atoms with van der Waals surface area (Å²) in [6.07, 6.45) is 1.50. The van der Waals surface area contributed by atoms with Crippen molar-refractivity contribution in [1.29, 1.82) is 0 Å². The van der Waals surface area contributed by atoms with Gasteiger partial charge in [-0.3, -0.25) is 0 Å². The SMILES string of the molecule is CCNC(=NCC(C)(O)c1ccco1)NCC(C)c1ccc(F)c(F)c1. The molecule has 5 nitrogen and oxygen atoms in total. The lowest BCUT2D eigenvalue weighted by Crippen LogP contribution is -2.40. The van der Waals surface area contributed by atoms with Gasteiger partial charge in [-0.2, -0.15) is 0 Å². The van der Waals surface area contributed by atoms with Crippen molar-refractivity contribution in [2.24, 2.45) is 4.99 Å². The number of nitrogens with one attached hydrogen (secondary N) is 2. The van der Waals surface area contributed by atoms with E-state index < -0.39 is 17.2 Å². The number of hydrogen-bond acceptors (Lipinski definition) is 3. The largest absolute Gasteiger partial charge is 0.466 e. The van der Waals surface area contributed by atoms with Crippen LogP contribution >= 0.6 is 0 Å². The summed E-state index contributed by atoms with van der Waals surface area (Å²) in [7, 11) is 0. The van der Waals surface area contributed by atoms with Gasteiger partial charge in [0.25, 0.3) is 0 Å². The van der Waals surface area contributed by atoms with Crippen LogP contribution in [0.15, 0.2) is 46.0 Å². The zero-order valence-electron chi connectivity index (χ0n) is 15.2. The van der Waals surface area contributed by atoms with Crippen LogP contribution in [-0.2, 0) is 5.60 Å². The number of aliphatic imine (C=N–C) groups is 1. The van der Waals surface area contributed by atoms with E-state index in [1.807, 2.05) is 13.8 Å². The maximum absolute atomic E-state index is 13.4. The molecule has 0 aliphatic rings. The summed E-state index contributed by atoms with van der Waals surface area (Å²) in [5.41, 5.74) is -0.535. The number of guanidine groups is 1. The molecule has 0 aliphatic carbocycles. The van der Waals surface area contributed by atoms with E-state index in [4.69, 9.17) is 4.42 Å². The molecule has 1 heterocycles. The zero-order chi connectivity index (χ0) is 19.2. The molecule has 2 unspecified atom stereocenters. The highest BCUT2D eigenvalue weighted by molar-refractivity contribution is 5.79. The molecule has 0 saturated carbocycles. The number of rotatable bonds is 7. The van der Waals surface area contributed by atoms with Gasteiger partial charge in [0.05, 0.1) is 12.8 Å². The molecule has 0 radical (unpaired) electrons. The van der Waals surface area contributed by atoms with Gasteiger partial charge in [-0.15, -0.1) is 0 Å². The van der Waals surface area contributed by atoms with E-state index in [0.717, 1.165) is 6.07 Å². The molecule has 1 aromatic carbocycles. The third kappa shape index (κ3) is 5.29. The van der Waals surface area contributed by atoms with Crippen molar-refractivity contribution in [3.8, 4) is 0 Å². The lowest BCUT2D eigenvalue weighted by Gasteiger charge is -2.20. The average molecular weight is 365 g/mol. The molecule has 2 atom stereocenters. The molecular weight excluding hydrogens is 340 g/mol.